The number of hydrogen-bond acceptors (Lipinski definition) is 1. The minimum atomic E-state index is 1.16. The highest BCUT2D eigenvalue weighted by atomic mass is 15.0. The van der Waals surface area contributed by atoms with Crippen molar-refractivity contribution in [2.45, 2.75) is 0 Å². The van der Waals surface area contributed by atoms with Gasteiger partial charge in [0.25, 0.3) is 0 Å². The monoisotopic (exact) mass is 659 g/mol. The van der Waals surface area contributed by atoms with Crippen LogP contribution >= 0.6 is 0 Å². The molecule has 1 aliphatic rings. The van der Waals surface area contributed by atoms with Crippen LogP contribution in [0.4, 0.5) is 0 Å². The molecule has 0 aliphatic heterocycles. The molecule has 12 rings (SSSR count). The minimum Gasteiger partial charge on any atom is -0.309 e. The molecule has 1 aliphatic carbocycles. The van der Waals surface area contributed by atoms with Crippen molar-refractivity contribution >= 4 is 65.2 Å². The van der Waals surface area contributed by atoms with Gasteiger partial charge in [0.2, 0.25) is 0 Å². The molecule has 3 heterocycles. The third-order valence-corrected chi connectivity index (χ3v) is 11.3. The van der Waals surface area contributed by atoms with Crippen molar-refractivity contribution in [1.29, 1.82) is 0 Å². The van der Waals surface area contributed by atoms with Gasteiger partial charge in [-0.05, 0) is 99.3 Å². The SMILES string of the molecule is c1ccc(-n2c3ccccc3c3cc(-c4ccc5c(c4)c4c6ccccc6ccc4n5-c4ccc5c(c4)-c4cccc6cncc-5c46)ccc32)cc1. The van der Waals surface area contributed by atoms with Crippen LogP contribution in [0.2, 0.25) is 0 Å². The standard InChI is InChI=1S/C49H29N3/c1-2-11-34(12-3-1)51-44-16-7-6-14-38(44)41-25-31(18-22-45(41)51)32-19-23-46-42(26-32)49-36-13-5-4-9-30(36)17-24-47(49)52(46)35-20-21-37-40(27-35)39-15-8-10-33-28-50-29-43(37)48(33)39/h1-29H. The Balaban J connectivity index is 1.10. The number of fused-ring (bicyclic) bond motifs is 11. The molecule has 8 aromatic carbocycles. The van der Waals surface area contributed by atoms with Crippen LogP contribution in [-0.4, -0.2) is 14.1 Å². The third-order valence-electron chi connectivity index (χ3n) is 11.3. The van der Waals surface area contributed by atoms with Crippen molar-refractivity contribution in [2.75, 3.05) is 0 Å². The molecule has 240 valence electrons. The lowest BCUT2D eigenvalue weighted by Gasteiger charge is -2.12. The Morgan fingerprint density at radius 2 is 1.02 bits per heavy atom. The lowest BCUT2D eigenvalue weighted by Crippen LogP contribution is -1.95. The number of hydrogen-bond donors (Lipinski definition) is 0. The summed E-state index contributed by atoms with van der Waals surface area (Å²) in [5, 5.41) is 10.1. The lowest BCUT2D eigenvalue weighted by atomic mass is 9.99. The van der Waals surface area contributed by atoms with Gasteiger partial charge in [-0.15, -0.1) is 0 Å². The first-order valence-corrected chi connectivity index (χ1v) is 17.9. The van der Waals surface area contributed by atoms with Crippen LogP contribution in [0, 0.1) is 0 Å². The Morgan fingerprint density at radius 1 is 0.327 bits per heavy atom. The van der Waals surface area contributed by atoms with Gasteiger partial charge in [0, 0.05) is 61.6 Å². The van der Waals surface area contributed by atoms with E-state index in [-0.39, 0.29) is 0 Å². The van der Waals surface area contributed by atoms with Crippen molar-refractivity contribution < 1.29 is 0 Å². The maximum Gasteiger partial charge on any atom is 0.0547 e. The summed E-state index contributed by atoms with van der Waals surface area (Å²) in [7, 11) is 0. The molecule has 0 N–H and O–H groups in total. The van der Waals surface area contributed by atoms with Crippen LogP contribution in [0.25, 0.3) is 110 Å². The average Bonchev–Trinajstić information content (AvgIpc) is 3.84. The van der Waals surface area contributed by atoms with Crippen LogP contribution in [0.5, 0.6) is 0 Å². The van der Waals surface area contributed by atoms with Gasteiger partial charge < -0.3 is 9.13 Å². The first-order valence-electron chi connectivity index (χ1n) is 17.9. The number of para-hydroxylation sites is 2. The second kappa shape index (κ2) is 10.3. The first kappa shape index (κ1) is 27.8. The first-order chi connectivity index (χ1) is 25.8. The molecule has 11 aromatic rings. The smallest absolute Gasteiger partial charge is 0.0547 e. The van der Waals surface area contributed by atoms with E-state index < -0.39 is 0 Å². The number of pyridine rings is 1. The summed E-state index contributed by atoms with van der Waals surface area (Å²) in [6.07, 6.45) is 3.99. The topological polar surface area (TPSA) is 22.8 Å². The van der Waals surface area contributed by atoms with Gasteiger partial charge in [0.05, 0.1) is 22.1 Å². The molecule has 0 amide bonds. The molecule has 3 nitrogen and oxygen atoms in total. The summed E-state index contributed by atoms with van der Waals surface area (Å²) in [5.74, 6) is 0. The third kappa shape index (κ3) is 3.72. The van der Waals surface area contributed by atoms with Gasteiger partial charge in [-0.1, -0.05) is 103 Å². The summed E-state index contributed by atoms with van der Waals surface area (Å²) >= 11 is 0. The zero-order chi connectivity index (χ0) is 33.9. The molecular formula is C49H29N3. The number of benzene rings is 8. The molecule has 0 fully saturated rings. The van der Waals surface area contributed by atoms with Crippen molar-refractivity contribution in [3.05, 3.63) is 176 Å². The van der Waals surface area contributed by atoms with E-state index in [2.05, 4.69) is 178 Å². The van der Waals surface area contributed by atoms with E-state index in [1.807, 2.05) is 12.4 Å². The molecule has 3 aromatic heterocycles. The molecular weight excluding hydrogens is 631 g/mol. The van der Waals surface area contributed by atoms with E-state index in [9.17, 15) is 0 Å². The largest absolute Gasteiger partial charge is 0.309 e. The highest BCUT2D eigenvalue weighted by Crippen LogP contribution is 2.48. The van der Waals surface area contributed by atoms with Crippen molar-refractivity contribution in [3.63, 3.8) is 0 Å². The molecule has 0 saturated heterocycles. The van der Waals surface area contributed by atoms with E-state index in [1.54, 1.807) is 0 Å². The number of aromatic nitrogens is 3. The summed E-state index contributed by atoms with van der Waals surface area (Å²) in [6, 6.07) is 60.3. The summed E-state index contributed by atoms with van der Waals surface area (Å²) < 4.78 is 4.84. The van der Waals surface area contributed by atoms with Crippen molar-refractivity contribution in [3.8, 4) is 44.8 Å². The van der Waals surface area contributed by atoms with Crippen molar-refractivity contribution in [2.24, 2.45) is 0 Å². The fraction of sp³-hybridized carbons (Fsp3) is 0. The van der Waals surface area contributed by atoms with Crippen LogP contribution in [0.3, 0.4) is 0 Å². The Kier molecular flexibility index (Phi) is 5.50. The second-order valence-corrected chi connectivity index (χ2v) is 14.0. The summed E-state index contributed by atoms with van der Waals surface area (Å²) in [4.78, 5) is 4.57. The molecule has 0 saturated carbocycles. The van der Waals surface area contributed by atoms with Gasteiger partial charge in [0.1, 0.15) is 0 Å². The quantitative estimate of drug-likeness (QED) is 0.185. The van der Waals surface area contributed by atoms with Gasteiger partial charge in [-0.2, -0.15) is 0 Å². The predicted molar refractivity (Wildman–Crippen MR) is 218 cm³/mol. The van der Waals surface area contributed by atoms with Gasteiger partial charge in [-0.3, -0.25) is 4.98 Å². The highest BCUT2D eigenvalue weighted by molar-refractivity contribution is 6.22. The van der Waals surface area contributed by atoms with Crippen molar-refractivity contribution in [1.82, 2.24) is 14.1 Å². The van der Waals surface area contributed by atoms with Gasteiger partial charge >= 0.3 is 0 Å². The number of nitrogens with zero attached hydrogens (tertiary/aromatic N) is 3. The molecule has 0 radical (unpaired) electrons. The van der Waals surface area contributed by atoms with E-state index in [0.717, 1.165) is 5.69 Å². The zero-order valence-corrected chi connectivity index (χ0v) is 28.1. The fourth-order valence-electron chi connectivity index (χ4n) is 9.05. The molecule has 0 atom stereocenters. The molecule has 0 spiro atoms. The zero-order valence-electron chi connectivity index (χ0n) is 28.1. The summed E-state index contributed by atoms with van der Waals surface area (Å²) in [5.41, 5.74) is 14.6. The molecule has 3 heteroatoms. The molecule has 0 bridgehead atoms. The maximum absolute atomic E-state index is 4.57. The Morgan fingerprint density at radius 3 is 1.90 bits per heavy atom. The lowest BCUT2D eigenvalue weighted by molar-refractivity contribution is 1.18. The Bertz CT molecular complexity index is 3280. The Hall–Kier alpha value is -6.97. The predicted octanol–water partition coefficient (Wildman–Crippen LogP) is 12.9. The van der Waals surface area contributed by atoms with Gasteiger partial charge in [0.15, 0.2) is 0 Å². The van der Waals surface area contributed by atoms with Gasteiger partial charge in [-0.25, -0.2) is 0 Å². The van der Waals surface area contributed by atoms with E-state index in [0.29, 0.717) is 0 Å². The van der Waals surface area contributed by atoms with Crippen LogP contribution in [-0.2, 0) is 0 Å². The van der Waals surface area contributed by atoms with Crippen LogP contribution in [0.15, 0.2) is 176 Å². The normalized spacial score (nSPS) is 12.2. The fourth-order valence-corrected chi connectivity index (χ4v) is 9.05. The highest BCUT2D eigenvalue weighted by Gasteiger charge is 2.23. The average molecular weight is 660 g/mol. The maximum atomic E-state index is 4.57. The minimum absolute atomic E-state index is 1.16. The van der Waals surface area contributed by atoms with E-state index >= 15 is 0 Å². The number of rotatable bonds is 3. The van der Waals surface area contributed by atoms with Crippen LogP contribution in [0.1, 0.15) is 0 Å². The Labute approximate surface area is 299 Å². The second-order valence-electron chi connectivity index (χ2n) is 14.0. The molecule has 52 heavy (non-hydrogen) atoms. The van der Waals surface area contributed by atoms with E-state index in [1.165, 1.54) is 104 Å². The molecule has 0 unspecified atom stereocenters. The summed E-state index contributed by atoms with van der Waals surface area (Å²) in [6.45, 7) is 0. The van der Waals surface area contributed by atoms with Crippen LogP contribution < -0.4 is 0 Å². The van der Waals surface area contributed by atoms with E-state index in [4.69, 9.17) is 0 Å².